The molecule has 3 fully saturated rings. The van der Waals surface area contributed by atoms with Gasteiger partial charge < -0.3 is 4.74 Å². The van der Waals surface area contributed by atoms with E-state index in [1.807, 2.05) is 0 Å². The lowest BCUT2D eigenvalue weighted by Crippen LogP contribution is -2.31. The molecule has 2 heteroatoms. The van der Waals surface area contributed by atoms with E-state index in [9.17, 15) is 0 Å². The minimum Gasteiger partial charge on any atom is -0.377 e. The number of hydrogen-bond donors (Lipinski definition) is 0. The van der Waals surface area contributed by atoms with Gasteiger partial charge in [0.1, 0.15) is 0 Å². The maximum absolute atomic E-state index is 5.65. The van der Waals surface area contributed by atoms with Crippen LogP contribution in [0.1, 0.15) is 26.7 Å². The molecule has 12 heavy (non-hydrogen) atoms. The summed E-state index contributed by atoms with van der Waals surface area (Å²) in [5.74, 6) is 0.943. The fourth-order valence-electron chi connectivity index (χ4n) is 2.42. The summed E-state index contributed by atoms with van der Waals surface area (Å²) in [6.07, 6.45) is 3.22. The van der Waals surface area contributed by atoms with Crippen molar-refractivity contribution in [2.24, 2.45) is 5.92 Å². The molecular formula is C10H19NO. The third kappa shape index (κ3) is 1.27. The van der Waals surface area contributed by atoms with Crippen LogP contribution < -0.4 is 0 Å². The molecule has 3 rings (SSSR count). The number of ether oxygens (including phenoxy) is 1. The van der Waals surface area contributed by atoms with Crippen molar-refractivity contribution in [2.45, 2.75) is 44.9 Å². The highest BCUT2D eigenvalue weighted by Gasteiger charge is 2.48. The van der Waals surface area contributed by atoms with Crippen molar-refractivity contribution < 1.29 is 4.74 Å². The van der Waals surface area contributed by atoms with Crippen molar-refractivity contribution >= 4 is 0 Å². The molecule has 0 amide bonds. The van der Waals surface area contributed by atoms with Crippen LogP contribution in [-0.4, -0.2) is 36.7 Å². The largest absolute Gasteiger partial charge is 0.377 e. The van der Waals surface area contributed by atoms with E-state index in [4.69, 9.17) is 4.74 Å². The van der Waals surface area contributed by atoms with Gasteiger partial charge in [-0.25, -0.2) is 0 Å². The molecule has 1 aliphatic carbocycles. The Balaban J connectivity index is 1.81. The number of likely N-dealkylation sites (N-methyl/N-ethyl adjacent to an activating group) is 1. The smallest absolute Gasteiger partial charge is 0.0628 e. The van der Waals surface area contributed by atoms with E-state index in [2.05, 4.69) is 25.8 Å². The summed E-state index contributed by atoms with van der Waals surface area (Å²) in [5.41, 5.74) is 0. The average molecular weight is 169 g/mol. The Bertz CT molecular complexity index is 163. The molecule has 0 aromatic carbocycles. The second-order valence-electron chi connectivity index (χ2n) is 4.50. The molecule has 0 radical (unpaired) electrons. The fraction of sp³-hybridized carbons (Fsp3) is 1.00. The zero-order chi connectivity index (χ0) is 8.72. The molecule has 2 saturated heterocycles. The lowest BCUT2D eigenvalue weighted by Gasteiger charge is -2.23. The van der Waals surface area contributed by atoms with E-state index in [1.54, 1.807) is 0 Å². The normalized spacial score (nSPS) is 40.5. The minimum absolute atomic E-state index is 0.385. The SMILES string of the molecule is CC(C)OC[C@@H]1C2CC(C2)N1C. The van der Waals surface area contributed by atoms with Crippen LogP contribution in [0.25, 0.3) is 0 Å². The average Bonchev–Trinajstić information content (AvgIpc) is 2.33. The third-order valence-electron chi connectivity index (χ3n) is 3.39. The highest BCUT2D eigenvalue weighted by Crippen LogP contribution is 2.44. The Morgan fingerprint density at radius 1 is 1.42 bits per heavy atom. The summed E-state index contributed by atoms with van der Waals surface area (Å²) in [6.45, 7) is 5.16. The standard InChI is InChI=1S/C10H19NO/c1-7(2)12-6-10-8-4-9(5-8)11(10)3/h7-10H,4-6H2,1-3H3/t8?,9?,10-/m1/s1. The lowest BCUT2D eigenvalue weighted by molar-refractivity contribution is 0.0412. The Hall–Kier alpha value is -0.0800. The van der Waals surface area contributed by atoms with Gasteiger partial charge in [0.15, 0.2) is 0 Å². The van der Waals surface area contributed by atoms with E-state index in [-0.39, 0.29) is 0 Å². The summed E-state index contributed by atoms with van der Waals surface area (Å²) in [4.78, 5) is 2.51. The molecule has 0 aromatic rings. The molecule has 70 valence electrons. The first kappa shape index (κ1) is 8.52. The molecule has 0 spiro atoms. The molecule has 0 N–H and O–H groups in total. The zero-order valence-corrected chi connectivity index (χ0v) is 8.29. The van der Waals surface area contributed by atoms with Crippen molar-refractivity contribution in [1.82, 2.24) is 4.90 Å². The Morgan fingerprint density at radius 2 is 2.08 bits per heavy atom. The maximum Gasteiger partial charge on any atom is 0.0628 e. The molecule has 2 heterocycles. The van der Waals surface area contributed by atoms with Crippen LogP contribution in [0.4, 0.5) is 0 Å². The first-order valence-electron chi connectivity index (χ1n) is 5.02. The van der Waals surface area contributed by atoms with Crippen LogP contribution in [0.2, 0.25) is 0 Å². The summed E-state index contributed by atoms with van der Waals surface area (Å²) >= 11 is 0. The van der Waals surface area contributed by atoms with E-state index in [1.165, 1.54) is 12.8 Å². The molecule has 2 aliphatic heterocycles. The van der Waals surface area contributed by atoms with Crippen molar-refractivity contribution in [2.75, 3.05) is 13.7 Å². The molecule has 0 aromatic heterocycles. The number of nitrogens with zero attached hydrogens (tertiary/aromatic N) is 1. The van der Waals surface area contributed by atoms with Gasteiger partial charge >= 0.3 is 0 Å². The van der Waals surface area contributed by atoms with Crippen LogP contribution in [0, 0.1) is 5.92 Å². The van der Waals surface area contributed by atoms with Crippen molar-refractivity contribution in [3.8, 4) is 0 Å². The second-order valence-corrected chi connectivity index (χ2v) is 4.50. The predicted octanol–water partition coefficient (Wildman–Crippen LogP) is 1.50. The van der Waals surface area contributed by atoms with Crippen molar-refractivity contribution in [1.29, 1.82) is 0 Å². The lowest BCUT2D eigenvalue weighted by atomic mass is 9.83. The van der Waals surface area contributed by atoms with Gasteiger partial charge in [0, 0.05) is 12.1 Å². The van der Waals surface area contributed by atoms with E-state index in [0.29, 0.717) is 6.10 Å². The summed E-state index contributed by atoms with van der Waals surface area (Å²) in [7, 11) is 2.24. The van der Waals surface area contributed by atoms with E-state index >= 15 is 0 Å². The van der Waals surface area contributed by atoms with Gasteiger partial charge in [-0.15, -0.1) is 0 Å². The highest BCUT2D eigenvalue weighted by molar-refractivity contribution is 5.02. The van der Waals surface area contributed by atoms with E-state index < -0.39 is 0 Å². The monoisotopic (exact) mass is 169 g/mol. The molecule has 2 bridgehead atoms. The van der Waals surface area contributed by atoms with Crippen molar-refractivity contribution in [3.63, 3.8) is 0 Å². The molecule has 0 unspecified atom stereocenters. The van der Waals surface area contributed by atoms with E-state index in [0.717, 1.165) is 24.6 Å². The van der Waals surface area contributed by atoms with Crippen LogP contribution in [0.5, 0.6) is 0 Å². The van der Waals surface area contributed by atoms with Gasteiger partial charge in [0.05, 0.1) is 12.7 Å². The molecule has 2 nitrogen and oxygen atoms in total. The van der Waals surface area contributed by atoms with Gasteiger partial charge in [-0.3, -0.25) is 4.90 Å². The predicted molar refractivity (Wildman–Crippen MR) is 49.2 cm³/mol. The molecular weight excluding hydrogens is 150 g/mol. The Morgan fingerprint density at radius 3 is 2.50 bits per heavy atom. The quantitative estimate of drug-likeness (QED) is 0.635. The molecule has 1 atom stereocenters. The van der Waals surface area contributed by atoms with Crippen molar-refractivity contribution in [3.05, 3.63) is 0 Å². The molecule has 1 saturated carbocycles. The topological polar surface area (TPSA) is 12.5 Å². The van der Waals surface area contributed by atoms with Gasteiger partial charge in [-0.05, 0) is 39.7 Å². The van der Waals surface area contributed by atoms with Gasteiger partial charge in [0.25, 0.3) is 0 Å². The first-order valence-corrected chi connectivity index (χ1v) is 5.02. The van der Waals surface area contributed by atoms with Crippen LogP contribution in [-0.2, 0) is 4.74 Å². The number of rotatable bonds is 3. The highest BCUT2D eigenvalue weighted by atomic mass is 16.5. The summed E-state index contributed by atoms with van der Waals surface area (Å²) in [5, 5.41) is 0. The summed E-state index contributed by atoms with van der Waals surface area (Å²) in [6, 6.07) is 1.60. The zero-order valence-electron chi connectivity index (χ0n) is 8.29. The third-order valence-corrected chi connectivity index (χ3v) is 3.39. The first-order chi connectivity index (χ1) is 5.68. The van der Waals surface area contributed by atoms with Gasteiger partial charge in [-0.2, -0.15) is 0 Å². The fourth-order valence-corrected chi connectivity index (χ4v) is 2.42. The van der Waals surface area contributed by atoms with Crippen LogP contribution >= 0.6 is 0 Å². The summed E-state index contributed by atoms with van der Waals surface area (Å²) < 4.78 is 5.65. The Labute approximate surface area is 74.9 Å². The number of fused-ring (bicyclic) bond motifs is 1. The van der Waals surface area contributed by atoms with Crippen LogP contribution in [0.3, 0.4) is 0 Å². The van der Waals surface area contributed by atoms with Crippen LogP contribution in [0.15, 0.2) is 0 Å². The maximum atomic E-state index is 5.65. The second kappa shape index (κ2) is 3.00. The van der Waals surface area contributed by atoms with Gasteiger partial charge in [0.2, 0.25) is 0 Å². The Kier molecular flexibility index (Phi) is 2.13. The number of hydrogen-bond acceptors (Lipinski definition) is 2. The minimum atomic E-state index is 0.385. The van der Waals surface area contributed by atoms with Gasteiger partial charge in [-0.1, -0.05) is 0 Å². The molecule has 3 aliphatic rings.